The molecule has 0 heterocycles. The Labute approximate surface area is 384 Å². The lowest BCUT2D eigenvalue weighted by Crippen LogP contribution is -2.30. The number of esters is 3. The lowest BCUT2D eigenvalue weighted by atomic mass is 10.0. The smallest absolute Gasteiger partial charge is 0.306 e. The fourth-order valence-electron chi connectivity index (χ4n) is 7.58. The first-order valence-corrected chi connectivity index (χ1v) is 26.6. The van der Waals surface area contributed by atoms with Gasteiger partial charge in [-0.15, -0.1) is 0 Å². The van der Waals surface area contributed by atoms with Crippen LogP contribution in [-0.2, 0) is 28.6 Å². The van der Waals surface area contributed by atoms with Crippen LogP contribution in [-0.4, -0.2) is 37.2 Å². The van der Waals surface area contributed by atoms with Gasteiger partial charge in [-0.1, -0.05) is 230 Å². The molecule has 0 aliphatic rings. The Bertz CT molecular complexity index is 1090. The van der Waals surface area contributed by atoms with Crippen molar-refractivity contribution in [1.82, 2.24) is 0 Å². The molecule has 0 saturated heterocycles. The minimum atomic E-state index is -0.782. The maximum absolute atomic E-state index is 12.8. The summed E-state index contributed by atoms with van der Waals surface area (Å²) in [6, 6.07) is 0. The lowest BCUT2D eigenvalue weighted by molar-refractivity contribution is -0.167. The highest BCUT2D eigenvalue weighted by Gasteiger charge is 2.19. The molecule has 0 aromatic rings. The van der Waals surface area contributed by atoms with Crippen molar-refractivity contribution in [2.24, 2.45) is 0 Å². The molecule has 1 atom stereocenters. The Balaban J connectivity index is 4.30. The van der Waals surface area contributed by atoms with E-state index >= 15 is 0 Å². The predicted octanol–water partition coefficient (Wildman–Crippen LogP) is 17.5. The molecular weight excluding hydrogens is 769 g/mol. The molecule has 0 rings (SSSR count). The Hall–Kier alpha value is -2.63. The number of carbonyl (C=O) groups excluding carboxylic acids is 3. The topological polar surface area (TPSA) is 78.9 Å². The van der Waals surface area contributed by atoms with Gasteiger partial charge in [-0.25, -0.2) is 0 Å². The second-order valence-electron chi connectivity index (χ2n) is 17.8. The van der Waals surface area contributed by atoms with Crippen LogP contribution in [0.4, 0.5) is 0 Å². The molecule has 0 fully saturated rings. The largest absolute Gasteiger partial charge is 0.462 e. The van der Waals surface area contributed by atoms with E-state index in [0.29, 0.717) is 19.3 Å². The van der Waals surface area contributed by atoms with Crippen molar-refractivity contribution in [1.29, 1.82) is 0 Å². The lowest BCUT2D eigenvalue weighted by Gasteiger charge is -2.18. The molecule has 6 nitrogen and oxygen atoms in total. The summed E-state index contributed by atoms with van der Waals surface area (Å²) in [5, 5.41) is 0. The average molecular weight is 869 g/mol. The number of carbonyl (C=O) groups is 3. The molecule has 0 aliphatic heterocycles. The van der Waals surface area contributed by atoms with Gasteiger partial charge in [0.15, 0.2) is 6.10 Å². The standard InChI is InChI=1S/C56H100O6/c1-4-7-10-13-16-19-22-24-26-27-28-29-31-32-34-37-40-43-46-49-55(58)61-52-53(51-60-54(57)48-45-42-39-36-21-18-15-12-9-6-3)62-56(59)50-47-44-41-38-35-33-30-25-23-20-17-14-11-8-5-2/h8,11-12,15,17,20,25,30,53H,4-7,9-10,13-14,16,18-19,21-24,26-29,31-52H2,1-3H3/b11-8-,15-12-,20-17-,30-25-. The van der Waals surface area contributed by atoms with Gasteiger partial charge in [0.25, 0.3) is 0 Å². The van der Waals surface area contributed by atoms with Gasteiger partial charge in [0, 0.05) is 19.3 Å². The van der Waals surface area contributed by atoms with Crippen molar-refractivity contribution in [2.45, 2.75) is 277 Å². The Kier molecular flexibility index (Phi) is 48.8. The van der Waals surface area contributed by atoms with Gasteiger partial charge in [-0.2, -0.15) is 0 Å². The summed E-state index contributed by atoms with van der Waals surface area (Å²) >= 11 is 0. The van der Waals surface area contributed by atoms with E-state index in [-0.39, 0.29) is 31.1 Å². The molecule has 62 heavy (non-hydrogen) atoms. The summed E-state index contributed by atoms with van der Waals surface area (Å²) in [7, 11) is 0. The van der Waals surface area contributed by atoms with E-state index in [4.69, 9.17) is 14.2 Å². The van der Waals surface area contributed by atoms with Crippen LogP contribution in [0, 0.1) is 0 Å². The minimum Gasteiger partial charge on any atom is -0.462 e. The molecule has 6 heteroatoms. The highest BCUT2D eigenvalue weighted by molar-refractivity contribution is 5.71. The van der Waals surface area contributed by atoms with Gasteiger partial charge in [0.05, 0.1) is 0 Å². The molecule has 0 N–H and O–H groups in total. The van der Waals surface area contributed by atoms with Crippen molar-refractivity contribution in [3.63, 3.8) is 0 Å². The summed E-state index contributed by atoms with van der Waals surface area (Å²) in [4.78, 5) is 37.9. The number of hydrogen-bond acceptors (Lipinski definition) is 6. The fraction of sp³-hybridized carbons (Fsp3) is 0.804. The summed E-state index contributed by atoms with van der Waals surface area (Å²) in [5.74, 6) is -0.900. The van der Waals surface area contributed by atoms with Crippen LogP contribution in [0.3, 0.4) is 0 Å². The van der Waals surface area contributed by atoms with Crippen LogP contribution in [0.1, 0.15) is 271 Å². The Morgan fingerprint density at radius 3 is 1.06 bits per heavy atom. The SMILES string of the molecule is CC/C=C\C/C=C\C/C=C\CCCCCCCC(=O)OC(COC(=O)CCCCCCC/C=C\CCC)COC(=O)CCCCCCCCCCCCCCCCCCCCC. The van der Waals surface area contributed by atoms with Gasteiger partial charge in [-0.3, -0.25) is 14.4 Å². The van der Waals surface area contributed by atoms with E-state index in [1.807, 2.05) is 0 Å². The van der Waals surface area contributed by atoms with E-state index in [2.05, 4.69) is 69.4 Å². The van der Waals surface area contributed by atoms with Gasteiger partial charge >= 0.3 is 17.9 Å². The van der Waals surface area contributed by atoms with Crippen molar-refractivity contribution in [2.75, 3.05) is 13.2 Å². The van der Waals surface area contributed by atoms with Gasteiger partial charge in [0.1, 0.15) is 13.2 Å². The van der Waals surface area contributed by atoms with E-state index in [9.17, 15) is 14.4 Å². The second kappa shape index (κ2) is 51.0. The van der Waals surface area contributed by atoms with Gasteiger partial charge < -0.3 is 14.2 Å². The molecule has 0 aromatic carbocycles. The van der Waals surface area contributed by atoms with Crippen LogP contribution < -0.4 is 0 Å². The molecule has 0 aromatic heterocycles. The van der Waals surface area contributed by atoms with Gasteiger partial charge in [-0.05, 0) is 70.6 Å². The quantitative estimate of drug-likeness (QED) is 0.0262. The Morgan fingerprint density at radius 2 is 0.661 bits per heavy atom. The normalized spacial score (nSPS) is 12.4. The van der Waals surface area contributed by atoms with Crippen molar-refractivity contribution >= 4 is 17.9 Å². The number of unbranched alkanes of at least 4 members (excludes halogenated alkanes) is 29. The van der Waals surface area contributed by atoms with Crippen LogP contribution in [0.5, 0.6) is 0 Å². The highest BCUT2D eigenvalue weighted by atomic mass is 16.6. The second-order valence-corrected chi connectivity index (χ2v) is 17.8. The zero-order valence-corrected chi connectivity index (χ0v) is 41.1. The summed E-state index contributed by atoms with van der Waals surface area (Å²) in [5.41, 5.74) is 0. The maximum Gasteiger partial charge on any atom is 0.306 e. The molecule has 0 bridgehead atoms. The molecule has 0 spiro atoms. The molecule has 0 aliphatic carbocycles. The fourth-order valence-corrected chi connectivity index (χ4v) is 7.58. The first-order valence-electron chi connectivity index (χ1n) is 26.6. The first kappa shape index (κ1) is 59.4. The third-order valence-corrected chi connectivity index (χ3v) is 11.5. The summed E-state index contributed by atoms with van der Waals surface area (Å²) in [6.45, 7) is 6.47. The van der Waals surface area contributed by atoms with Crippen LogP contribution in [0.25, 0.3) is 0 Å². The predicted molar refractivity (Wildman–Crippen MR) is 265 cm³/mol. The number of hydrogen-bond donors (Lipinski definition) is 0. The number of ether oxygens (including phenoxy) is 3. The van der Waals surface area contributed by atoms with E-state index in [0.717, 1.165) is 109 Å². The minimum absolute atomic E-state index is 0.0805. The van der Waals surface area contributed by atoms with Crippen LogP contribution in [0.2, 0.25) is 0 Å². The zero-order valence-electron chi connectivity index (χ0n) is 41.1. The Morgan fingerprint density at radius 1 is 0.339 bits per heavy atom. The van der Waals surface area contributed by atoms with Crippen LogP contribution in [0.15, 0.2) is 48.6 Å². The number of rotatable bonds is 48. The molecule has 0 amide bonds. The molecule has 0 radical (unpaired) electrons. The molecule has 0 saturated carbocycles. The third-order valence-electron chi connectivity index (χ3n) is 11.5. The van der Waals surface area contributed by atoms with Crippen molar-refractivity contribution < 1.29 is 28.6 Å². The summed E-state index contributed by atoms with van der Waals surface area (Å²) < 4.78 is 16.8. The third kappa shape index (κ3) is 48.4. The van der Waals surface area contributed by atoms with E-state index < -0.39 is 6.10 Å². The maximum atomic E-state index is 12.8. The highest BCUT2D eigenvalue weighted by Crippen LogP contribution is 2.16. The van der Waals surface area contributed by atoms with Crippen LogP contribution >= 0.6 is 0 Å². The number of allylic oxidation sites excluding steroid dienone is 8. The molecule has 360 valence electrons. The monoisotopic (exact) mass is 869 g/mol. The average Bonchev–Trinajstić information content (AvgIpc) is 3.27. The zero-order chi connectivity index (χ0) is 45.1. The van der Waals surface area contributed by atoms with Crippen molar-refractivity contribution in [3.8, 4) is 0 Å². The van der Waals surface area contributed by atoms with E-state index in [1.165, 1.54) is 122 Å². The first-order chi connectivity index (χ1) is 30.5. The van der Waals surface area contributed by atoms with Crippen molar-refractivity contribution in [3.05, 3.63) is 48.6 Å². The van der Waals surface area contributed by atoms with E-state index in [1.54, 1.807) is 0 Å². The molecule has 1 unspecified atom stereocenters. The molecular formula is C56H100O6. The summed E-state index contributed by atoms with van der Waals surface area (Å²) in [6.07, 6.45) is 61.0. The van der Waals surface area contributed by atoms with Gasteiger partial charge in [0.2, 0.25) is 0 Å².